The summed E-state index contributed by atoms with van der Waals surface area (Å²) >= 11 is 0. The molecule has 122 valence electrons. The summed E-state index contributed by atoms with van der Waals surface area (Å²) in [5.74, 6) is 1.87. The van der Waals surface area contributed by atoms with Crippen LogP contribution in [-0.2, 0) is 6.42 Å². The van der Waals surface area contributed by atoms with E-state index in [1.54, 1.807) is 0 Å². The predicted molar refractivity (Wildman–Crippen MR) is 97.6 cm³/mol. The van der Waals surface area contributed by atoms with Gasteiger partial charge in [0, 0.05) is 18.2 Å². The summed E-state index contributed by atoms with van der Waals surface area (Å²) < 4.78 is 0. The maximum atomic E-state index is 4.56. The molecular formula is C19H21N5. The van der Waals surface area contributed by atoms with E-state index < -0.39 is 0 Å². The van der Waals surface area contributed by atoms with Gasteiger partial charge in [-0.3, -0.25) is 0 Å². The zero-order valence-electron chi connectivity index (χ0n) is 13.9. The van der Waals surface area contributed by atoms with Gasteiger partial charge in [0.05, 0.1) is 0 Å². The Hall–Kier alpha value is -2.95. The van der Waals surface area contributed by atoms with Gasteiger partial charge in [0.2, 0.25) is 11.9 Å². The molecule has 2 aromatic carbocycles. The molecule has 24 heavy (non-hydrogen) atoms. The van der Waals surface area contributed by atoms with Crippen molar-refractivity contribution in [2.75, 3.05) is 10.6 Å². The molecule has 0 atom stereocenters. The van der Waals surface area contributed by atoms with Crippen LogP contribution in [0, 0.1) is 0 Å². The molecule has 2 N–H and O–H groups in total. The maximum Gasteiger partial charge on any atom is 0.232 e. The second-order valence-corrected chi connectivity index (χ2v) is 5.85. The molecule has 0 saturated carbocycles. The molecular weight excluding hydrogens is 298 g/mol. The summed E-state index contributed by atoms with van der Waals surface area (Å²) in [6.45, 7) is 4.12. The molecule has 0 aliphatic heterocycles. The third-order valence-corrected chi connectivity index (χ3v) is 3.33. The lowest BCUT2D eigenvalue weighted by Crippen LogP contribution is -2.15. The molecule has 0 unspecified atom stereocenters. The summed E-state index contributed by atoms with van der Waals surface area (Å²) in [7, 11) is 0. The zero-order chi connectivity index (χ0) is 16.8. The Morgan fingerprint density at radius 1 is 0.792 bits per heavy atom. The Kier molecular flexibility index (Phi) is 5.01. The first-order valence-corrected chi connectivity index (χ1v) is 8.06. The highest BCUT2D eigenvalue weighted by atomic mass is 15.2. The average Bonchev–Trinajstić information content (AvgIpc) is 2.56. The van der Waals surface area contributed by atoms with Crippen LogP contribution in [0.15, 0.2) is 60.7 Å². The third kappa shape index (κ3) is 4.52. The highest BCUT2D eigenvalue weighted by Gasteiger charge is 2.08. The van der Waals surface area contributed by atoms with Crippen molar-refractivity contribution < 1.29 is 0 Å². The minimum Gasteiger partial charge on any atom is -0.352 e. The molecule has 0 spiro atoms. The number of nitrogens with zero attached hydrogens (tertiary/aromatic N) is 3. The maximum absolute atomic E-state index is 4.56. The van der Waals surface area contributed by atoms with E-state index in [4.69, 9.17) is 0 Å². The fourth-order valence-corrected chi connectivity index (χ4v) is 2.31. The monoisotopic (exact) mass is 319 g/mol. The van der Waals surface area contributed by atoms with Crippen molar-refractivity contribution in [2.45, 2.75) is 26.3 Å². The van der Waals surface area contributed by atoms with Crippen molar-refractivity contribution in [1.82, 2.24) is 15.0 Å². The molecule has 0 aliphatic carbocycles. The fourth-order valence-electron chi connectivity index (χ4n) is 2.31. The summed E-state index contributed by atoms with van der Waals surface area (Å²) in [5.41, 5.74) is 2.12. The van der Waals surface area contributed by atoms with Gasteiger partial charge in [0.25, 0.3) is 0 Å². The molecule has 1 aromatic heterocycles. The number of benzene rings is 2. The van der Waals surface area contributed by atoms with Crippen LogP contribution in [0.5, 0.6) is 0 Å². The molecule has 3 rings (SSSR count). The molecule has 0 amide bonds. The zero-order valence-corrected chi connectivity index (χ0v) is 13.9. The minimum atomic E-state index is 0.251. The summed E-state index contributed by atoms with van der Waals surface area (Å²) in [6, 6.07) is 20.3. The predicted octanol–water partition coefficient (Wildman–Crippen LogP) is 4.03. The van der Waals surface area contributed by atoms with E-state index in [2.05, 4.69) is 51.6 Å². The lowest BCUT2D eigenvalue weighted by atomic mass is 10.1. The molecule has 5 heteroatoms. The van der Waals surface area contributed by atoms with Crippen LogP contribution in [0.3, 0.4) is 0 Å². The molecule has 0 saturated heterocycles. The van der Waals surface area contributed by atoms with Crippen molar-refractivity contribution >= 4 is 17.6 Å². The Bertz CT molecular complexity index is 713. The summed E-state index contributed by atoms with van der Waals surface area (Å²) in [5, 5.41) is 6.50. The van der Waals surface area contributed by atoms with E-state index in [1.807, 2.05) is 48.5 Å². The van der Waals surface area contributed by atoms with Crippen molar-refractivity contribution in [3.8, 4) is 0 Å². The largest absolute Gasteiger partial charge is 0.352 e. The molecule has 0 aliphatic rings. The Morgan fingerprint density at radius 2 is 1.42 bits per heavy atom. The van der Waals surface area contributed by atoms with Gasteiger partial charge in [-0.1, -0.05) is 48.5 Å². The van der Waals surface area contributed by atoms with Gasteiger partial charge in [-0.2, -0.15) is 15.0 Å². The van der Waals surface area contributed by atoms with E-state index in [-0.39, 0.29) is 6.04 Å². The van der Waals surface area contributed by atoms with Crippen LogP contribution in [0.2, 0.25) is 0 Å². The van der Waals surface area contributed by atoms with E-state index in [1.165, 1.54) is 5.56 Å². The first kappa shape index (κ1) is 15.9. The van der Waals surface area contributed by atoms with Crippen LogP contribution < -0.4 is 10.6 Å². The van der Waals surface area contributed by atoms with Crippen LogP contribution >= 0.6 is 0 Å². The number of anilines is 3. The molecule has 0 radical (unpaired) electrons. The number of rotatable bonds is 6. The van der Waals surface area contributed by atoms with E-state index in [0.29, 0.717) is 18.3 Å². The lowest BCUT2D eigenvalue weighted by Gasteiger charge is -2.12. The van der Waals surface area contributed by atoms with Crippen LogP contribution in [-0.4, -0.2) is 21.0 Å². The van der Waals surface area contributed by atoms with Crippen molar-refractivity contribution in [1.29, 1.82) is 0 Å². The van der Waals surface area contributed by atoms with Gasteiger partial charge < -0.3 is 10.6 Å². The average molecular weight is 319 g/mol. The normalized spacial score (nSPS) is 10.6. The minimum absolute atomic E-state index is 0.251. The number of hydrogen-bond acceptors (Lipinski definition) is 5. The van der Waals surface area contributed by atoms with Crippen molar-refractivity contribution in [2.24, 2.45) is 0 Å². The standard InChI is InChI=1S/C19H21N5/c1-14(2)20-18-22-17(13-15-9-5-3-6-10-15)23-19(24-18)21-16-11-7-4-8-12-16/h3-12,14H,13H2,1-2H3,(H2,20,21,22,23,24). The van der Waals surface area contributed by atoms with Gasteiger partial charge in [-0.25, -0.2) is 0 Å². The second kappa shape index (κ2) is 7.55. The Labute approximate surface area is 142 Å². The van der Waals surface area contributed by atoms with Crippen molar-refractivity contribution in [3.05, 3.63) is 72.1 Å². The van der Waals surface area contributed by atoms with E-state index in [0.717, 1.165) is 11.5 Å². The molecule has 1 heterocycles. The van der Waals surface area contributed by atoms with Crippen LogP contribution in [0.1, 0.15) is 25.2 Å². The molecule has 5 nitrogen and oxygen atoms in total. The Balaban J connectivity index is 1.88. The van der Waals surface area contributed by atoms with E-state index in [9.17, 15) is 0 Å². The SMILES string of the molecule is CC(C)Nc1nc(Cc2ccccc2)nc(Nc2ccccc2)n1. The molecule has 3 aromatic rings. The highest BCUT2D eigenvalue weighted by Crippen LogP contribution is 2.15. The highest BCUT2D eigenvalue weighted by molar-refractivity contribution is 5.53. The molecule has 0 fully saturated rings. The van der Waals surface area contributed by atoms with Gasteiger partial charge in [0.15, 0.2) is 0 Å². The van der Waals surface area contributed by atoms with Gasteiger partial charge >= 0.3 is 0 Å². The van der Waals surface area contributed by atoms with Gasteiger partial charge in [-0.05, 0) is 31.5 Å². The van der Waals surface area contributed by atoms with Crippen LogP contribution in [0.25, 0.3) is 0 Å². The number of aromatic nitrogens is 3. The van der Waals surface area contributed by atoms with Crippen LogP contribution in [0.4, 0.5) is 17.6 Å². The third-order valence-electron chi connectivity index (χ3n) is 3.33. The van der Waals surface area contributed by atoms with Crippen molar-refractivity contribution in [3.63, 3.8) is 0 Å². The molecule has 0 bridgehead atoms. The fraction of sp³-hybridized carbons (Fsp3) is 0.211. The topological polar surface area (TPSA) is 62.7 Å². The Morgan fingerprint density at radius 3 is 2.08 bits per heavy atom. The first-order valence-electron chi connectivity index (χ1n) is 8.06. The lowest BCUT2D eigenvalue weighted by molar-refractivity contribution is 0.849. The first-order chi connectivity index (χ1) is 11.7. The van der Waals surface area contributed by atoms with E-state index >= 15 is 0 Å². The number of para-hydroxylation sites is 1. The quantitative estimate of drug-likeness (QED) is 0.718. The van der Waals surface area contributed by atoms with Gasteiger partial charge in [0.1, 0.15) is 5.82 Å². The summed E-state index contributed by atoms with van der Waals surface area (Å²) in [6.07, 6.45) is 0.666. The smallest absolute Gasteiger partial charge is 0.232 e. The number of hydrogen-bond donors (Lipinski definition) is 2. The second-order valence-electron chi connectivity index (χ2n) is 5.85. The van der Waals surface area contributed by atoms with Gasteiger partial charge in [-0.15, -0.1) is 0 Å². The number of nitrogens with one attached hydrogen (secondary N) is 2. The summed E-state index contributed by atoms with van der Waals surface area (Å²) in [4.78, 5) is 13.6.